The molecule has 2 rings (SSSR count). The Kier molecular flexibility index (Phi) is 4.53. The molecule has 1 aromatic carbocycles. The van der Waals surface area contributed by atoms with Crippen molar-refractivity contribution in [1.82, 2.24) is 5.32 Å². The highest BCUT2D eigenvalue weighted by Gasteiger charge is 2.34. The van der Waals surface area contributed by atoms with Gasteiger partial charge in [-0.3, -0.25) is 0 Å². The summed E-state index contributed by atoms with van der Waals surface area (Å²) in [5.74, 6) is 0. The van der Waals surface area contributed by atoms with Crippen molar-refractivity contribution in [1.29, 1.82) is 0 Å². The lowest BCUT2D eigenvalue weighted by Gasteiger charge is -2.40. The predicted molar refractivity (Wildman–Crippen MR) is 68.3 cm³/mol. The van der Waals surface area contributed by atoms with E-state index in [4.69, 9.17) is 23.2 Å². The van der Waals surface area contributed by atoms with Crippen molar-refractivity contribution in [3.63, 3.8) is 0 Å². The predicted octanol–water partition coefficient (Wildman–Crippen LogP) is 2.65. The van der Waals surface area contributed by atoms with E-state index in [-0.39, 0.29) is 12.4 Å². The van der Waals surface area contributed by atoms with E-state index < -0.39 is 4.46 Å². The van der Waals surface area contributed by atoms with E-state index in [9.17, 15) is 0 Å². The first-order valence-corrected chi connectivity index (χ1v) is 5.37. The maximum Gasteiger partial charge on any atom is 0.203 e. The first-order chi connectivity index (χ1) is 6.70. The van der Waals surface area contributed by atoms with Gasteiger partial charge >= 0.3 is 0 Å². The summed E-state index contributed by atoms with van der Waals surface area (Å²) >= 11 is 12.4. The number of benzene rings is 1. The minimum atomic E-state index is -0.834. The van der Waals surface area contributed by atoms with Gasteiger partial charge in [-0.2, -0.15) is 0 Å². The standard InChI is InChI=1S/C10H12Cl2N2.ClH/c11-10(12)8-13-6-7-14(10)9-4-2-1-3-5-9;/h1-5,13H,6-8H2;1H. The van der Waals surface area contributed by atoms with Crippen LogP contribution in [0.3, 0.4) is 0 Å². The fourth-order valence-electron chi connectivity index (χ4n) is 1.61. The van der Waals surface area contributed by atoms with Crippen molar-refractivity contribution in [3.8, 4) is 0 Å². The van der Waals surface area contributed by atoms with Crippen LogP contribution in [-0.4, -0.2) is 24.1 Å². The normalized spacial score (nSPS) is 19.5. The van der Waals surface area contributed by atoms with E-state index in [0.717, 1.165) is 18.8 Å². The molecule has 15 heavy (non-hydrogen) atoms. The zero-order valence-electron chi connectivity index (χ0n) is 8.12. The Morgan fingerprint density at radius 2 is 1.87 bits per heavy atom. The number of hydrogen-bond acceptors (Lipinski definition) is 2. The van der Waals surface area contributed by atoms with Crippen LogP contribution in [0.25, 0.3) is 0 Å². The Balaban J connectivity index is 0.00000112. The molecule has 0 saturated carbocycles. The van der Waals surface area contributed by atoms with Crippen molar-refractivity contribution < 1.29 is 0 Å². The fourth-order valence-corrected chi connectivity index (χ4v) is 2.17. The highest BCUT2D eigenvalue weighted by atomic mass is 35.5. The van der Waals surface area contributed by atoms with Crippen molar-refractivity contribution in [2.75, 3.05) is 24.5 Å². The number of rotatable bonds is 1. The summed E-state index contributed by atoms with van der Waals surface area (Å²) in [6.45, 7) is 2.33. The Morgan fingerprint density at radius 3 is 2.47 bits per heavy atom. The smallest absolute Gasteiger partial charge is 0.203 e. The molecule has 1 aromatic rings. The molecule has 0 aromatic heterocycles. The molecule has 1 fully saturated rings. The van der Waals surface area contributed by atoms with Gasteiger partial charge in [0.1, 0.15) is 0 Å². The Bertz CT molecular complexity index is 303. The van der Waals surface area contributed by atoms with Gasteiger partial charge in [0, 0.05) is 25.3 Å². The van der Waals surface area contributed by atoms with Gasteiger partial charge in [0.05, 0.1) is 0 Å². The summed E-state index contributed by atoms with van der Waals surface area (Å²) in [7, 11) is 0. The molecule has 0 bridgehead atoms. The average Bonchev–Trinajstić information content (AvgIpc) is 2.18. The maximum absolute atomic E-state index is 6.20. The number of hydrogen-bond donors (Lipinski definition) is 1. The molecule has 0 unspecified atom stereocenters. The van der Waals surface area contributed by atoms with E-state index in [2.05, 4.69) is 5.32 Å². The molecule has 1 heterocycles. The Hall–Kier alpha value is -0.150. The van der Waals surface area contributed by atoms with Gasteiger partial charge in [-0.05, 0) is 12.1 Å². The number of anilines is 1. The molecule has 1 aliphatic rings. The highest BCUT2D eigenvalue weighted by molar-refractivity contribution is 6.50. The molecule has 0 atom stereocenters. The molecule has 84 valence electrons. The van der Waals surface area contributed by atoms with Crippen LogP contribution in [0.15, 0.2) is 30.3 Å². The second-order valence-electron chi connectivity index (χ2n) is 3.33. The van der Waals surface area contributed by atoms with Gasteiger partial charge < -0.3 is 10.2 Å². The topological polar surface area (TPSA) is 15.3 Å². The molecule has 5 heteroatoms. The minimum absolute atomic E-state index is 0. The lowest BCUT2D eigenvalue weighted by Crippen LogP contribution is -2.55. The lowest BCUT2D eigenvalue weighted by atomic mass is 10.2. The Morgan fingerprint density at radius 1 is 1.20 bits per heavy atom. The van der Waals surface area contributed by atoms with Crippen molar-refractivity contribution in [2.45, 2.75) is 4.46 Å². The number of halogens is 3. The van der Waals surface area contributed by atoms with Crippen LogP contribution >= 0.6 is 35.6 Å². The summed E-state index contributed by atoms with van der Waals surface area (Å²) in [5.41, 5.74) is 1.07. The Labute approximate surface area is 106 Å². The largest absolute Gasteiger partial charge is 0.338 e. The molecular weight excluding hydrogens is 254 g/mol. The fraction of sp³-hybridized carbons (Fsp3) is 0.400. The number of para-hydroxylation sites is 1. The second-order valence-corrected chi connectivity index (χ2v) is 4.77. The third-order valence-electron chi connectivity index (χ3n) is 2.31. The second kappa shape index (κ2) is 5.26. The number of nitrogens with zero attached hydrogens (tertiary/aromatic N) is 1. The summed E-state index contributed by atoms with van der Waals surface area (Å²) in [6.07, 6.45) is 0. The summed E-state index contributed by atoms with van der Waals surface area (Å²) in [6, 6.07) is 9.99. The number of nitrogens with one attached hydrogen (secondary N) is 1. The zero-order chi connectivity index (χ0) is 10.0. The average molecular weight is 268 g/mol. The van der Waals surface area contributed by atoms with Gasteiger partial charge in [0.15, 0.2) is 0 Å². The molecule has 0 spiro atoms. The molecule has 0 radical (unpaired) electrons. The SMILES string of the molecule is Cl.ClC1(Cl)CNCCN1c1ccccc1. The van der Waals surface area contributed by atoms with E-state index in [1.807, 2.05) is 35.2 Å². The van der Waals surface area contributed by atoms with Gasteiger partial charge in [0.25, 0.3) is 0 Å². The molecule has 1 N–H and O–H groups in total. The van der Waals surface area contributed by atoms with Crippen LogP contribution in [0, 0.1) is 0 Å². The maximum atomic E-state index is 6.20. The van der Waals surface area contributed by atoms with Crippen LogP contribution in [0.5, 0.6) is 0 Å². The third-order valence-corrected chi connectivity index (χ3v) is 2.99. The molecule has 2 nitrogen and oxygen atoms in total. The molecular formula is C10H13Cl3N2. The van der Waals surface area contributed by atoms with Crippen molar-refractivity contribution in [2.24, 2.45) is 0 Å². The summed E-state index contributed by atoms with van der Waals surface area (Å²) in [4.78, 5) is 2.01. The van der Waals surface area contributed by atoms with Crippen LogP contribution < -0.4 is 10.2 Å². The van der Waals surface area contributed by atoms with Crippen molar-refractivity contribution in [3.05, 3.63) is 30.3 Å². The third kappa shape index (κ3) is 2.91. The number of alkyl halides is 2. The first-order valence-electron chi connectivity index (χ1n) is 4.61. The first kappa shape index (κ1) is 12.9. The molecule has 1 saturated heterocycles. The molecule has 0 amide bonds. The summed E-state index contributed by atoms with van der Waals surface area (Å²) < 4.78 is -0.834. The van der Waals surface area contributed by atoms with E-state index in [1.54, 1.807) is 0 Å². The zero-order valence-corrected chi connectivity index (χ0v) is 10.4. The van der Waals surface area contributed by atoms with Crippen LogP contribution in [-0.2, 0) is 0 Å². The molecule has 0 aliphatic carbocycles. The van der Waals surface area contributed by atoms with Gasteiger partial charge in [0.2, 0.25) is 4.46 Å². The quantitative estimate of drug-likeness (QED) is 0.622. The lowest BCUT2D eigenvalue weighted by molar-refractivity contribution is 0.526. The van der Waals surface area contributed by atoms with Crippen LogP contribution in [0.2, 0.25) is 0 Å². The van der Waals surface area contributed by atoms with E-state index >= 15 is 0 Å². The minimum Gasteiger partial charge on any atom is -0.338 e. The highest BCUT2D eigenvalue weighted by Crippen LogP contribution is 2.32. The van der Waals surface area contributed by atoms with E-state index in [0.29, 0.717) is 6.54 Å². The number of piperazine rings is 1. The van der Waals surface area contributed by atoms with Gasteiger partial charge in [-0.1, -0.05) is 41.4 Å². The van der Waals surface area contributed by atoms with Crippen LogP contribution in [0.1, 0.15) is 0 Å². The van der Waals surface area contributed by atoms with Crippen LogP contribution in [0.4, 0.5) is 5.69 Å². The van der Waals surface area contributed by atoms with E-state index in [1.165, 1.54) is 0 Å². The van der Waals surface area contributed by atoms with Gasteiger partial charge in [-0.25, -0.2) is 0 Å². The molecule has 1 aliphatic heterocycles. The van der Waals surface area contributed by atoms with Gasteiger partial charge in [-0.15, -0.1) is 12.4 Å². The summed E-state index contributed by atoms with van der Waals surface area (Å²) in [5, 5.41) is 3.17. The van der Waals surface area contributed by atoms with Crippen molar-refractivity contribution >= 4 is 41.3 Å². The monoisotopic (exact) mass is 266 g/mol.